The maximum Gasteiger partial charge on any atom is 0.323 e. The van der Waals surface area contributed by atoms with E-state index in [0.717, 1.165) is 25.9 Å². The Bertz CT molecular complexity index is 292. The van der Waals surface area contributed by atoms with E-state index < -0.39 is 11.5 Å². The molecule has 0 aliphatic heterocycles. The second kappa shape index (κ2) is 7.25. The molecule has 1 aliphatic rings. The van der Waals surface area contributed by atoms with Crippen molar-refractivity contribution in [2.45, 2.75) is 77.4 Å². The molecule has 4 heteroatoms. The van der Waals surface area contributed by atoms with Crippen molar-refractivity contribution in [2.24, 2.45) is 0 Å². The molecule has 0 aromatic carbocycles. The summed E-state index contributed by atoms with van der Waals surface area (Å²) in [4.78, 5) is 14.0. The van der Waals surface area contributed by atoms with Crippen molar-refractivity contribution in [1.82, 2.24) is 10.2 Å². The van der Waals surface area contributed by atoms with E-state index in [2.05, 4.69) is 31.0 Å². The monoisotopic (exact) mass is 270 g/mol. The molecular formula is C15H30N2O2. The normalized spacial score (nSPS) is 20.3. The van der Waals surface area contributed by atoms with Gasteiger partial charge in [0.2, 0.25) is 0 Å². The summed E-state index contributed by atoms with van der Waals surface area (Å²) >= 11 is 0. The third-order valence-corrected chi connectivity index (χ3v) is 4.00. The number of hydrogen-bond donors (Lipinski definition) is 2. The van der Waals surface area contributed by atoms with E-state index in [4.69, 9.17) is 0 Å². The van der Waals surface area contributed by atoms with Crippen molar-refractivity contribution in [3.8, 4) is 0 Å². The van der Waals surface area contributed by atoms with Gasteiger partial charge in [-0.15, -0.1) is 0 Å². The van der Waals surface area contributed by atoms with E-state index in [-0.39, 0.29) is 0 Å². The molecular weight excluding hydrogens is 240 g/mol. The van der Waals surface area contributed by atoms with Crippen LogP contribution in [0.3, 0.4) is 0 Å². The fourth-order valence-electron chi connectivity index (χ4n) is 2.77. The van der Waals surface area contributed by atoms with Gasteiger partial charge in [-0.05, 0) is 59.0 Å². The molecule has 0 aromatic heterocycles. The van der Waals surface area contributed by atoms with Gasteiger partial charge in [0.15, 0.2) is 0 Å². The van der Waals surface area contributed by atoms with Gasteiger partial charge >= 0.3 is 5.97 Å². The number of hydrogen-bond acceptors (Lipinski definition) is 3. The van der Waals surface area contributed by atoms with E-state index in [1.54, 1.807) is 0 Å². The minimum atomic E-state index is -0.809. The second-order valence-electron chi connectivity index (χ2n) is 6.09. The maximum absolute atomic E-state index is 11.5. The van der Waals surface area contributed by atoms with Crippen molar-refractivity contribution in [2.75, 3.05) is 13.1 Å². The van der Waals surface area contributed by atoms with Gasteiger partial charge in [-0.3, -0.25) is 9.69 Å². The fourth-order valence-corrected chi connectivity index (χ4v) is 2.77. The van der Waals surface area contributed by atoms with Gasteiger partial charge in [-0.25, -0.2) is 0 Å². The molecule has 2 N–H and O–H groups in total. The first-order valence-electron chi connectivity index (χ1n) is 7.68. The van der Waals surface area contributed by atoms with Crippen LogP contribution in [0.4, 0.5) is 0 Å². The van der Waals surface area contributed by atoms with Gasteiger partial charge < -0.3 is 10.4 Å². The van der Waals surface area contributed by atoms with Crippen LogP contribution in [0, 0.1) is 0 Å². The van der Waals surface area contributed by atoms with Crippen LogP contribution >= 0.6 is 0 Å². The van der Waals surface area contributed by atoms with Gasteiger partial charge in [0.05, 0.1) is 0 Å². The standard InChI is InChI=1S/C15H30N2O2/c1-5-9-16-15(4,14(18)19)11-12(3)17(10-6-2)13-7-8-13/h12-13,16H,5-11H2,1-4H3,(H,18,19). The van der Waals surface area contributed by atoms with Crippen molar-refractivity contribution >= 4 is 5.97 Å². The van der Waals surface area contributed by atoms with Crippen LogP contribution in [0.2, 0.25) is 0 Å². The highest BCUT2D eigenvalue weighted by atomic mass is 16.4. The Morgan fingerprint density at radius 3 is 2.47 bits per heavy atom. The lowest BCUT2D eigenvalue weighted by molar-refractivity contribution is -0.145. The lowest BCUT2D eigenvalue weighted by Gasteiger charge is -2.35. The molecule has 0 radical (unpaired) electrons. The second-order valence-corrected chi connectivity index (χ2v) is 6.09. The minimum absolute atomic E-state index is 0.318. The van der Waals surface area contributed by atoms with Crippen LogP contribution in [-0.4, -0.2) is 46.7 Å². The largest absolute Gasteiger partial charge is 0.480 e. The predicted octanol–water partition coefficient (Wildman–Crippen LogP) is 2.48. The smallest absolute Gasteiger partial charge is 0.323 e. The zero-order valence-electron chi connectivity index (χ0n) is 12.9. The molecule has 0 amide bonds. The number of nitrogens with one attached hydrogen (secondary N) is 1. The quantitative estimate of drug-likeness (QED) is 0.640. The molecule has 112 valence electrons. The van der Waals surface area contributed by atoms with E-state index in [0.29, 0.717) is 18.5 Å². The number of carboxylic acids is 1. The molecule has 0 heterocycles. The maximum atomic E-state index is 11.5. The van der Waals surface area contributed by atoms with Gasteiger partial charge in [-0.1, -0.05) is 13.8 Å². The lowest BCUT2D eigenvalue weighted by Crippen LogP contribution is -2.54. The van der Waals surface area contributed by atoms with E-state index in [9.17, 15) is 9.90 Å². The number of rotatable bonds is 10. The number of carbonyl (C=O) groups is 1. The SMILES string of the molecule is CCCNC(C)(CC(C)N(CCC)C1CC1)C(=O)O. The van der Waals surface area contributed by atoms with Crippen LogP contribution in [0.15, 0.2) is 0 Å². The van der Waals surface area contributed by atoms with Gasteiger partial charge in [0, 0.05) is 12.1 Å². The Labute approximate surface area is 117 Å². The molecule has 1 fully saturated rings. The molecule has 2 unspecified atom stereocenters. The molecule has 1 aliphatic carbocycles. The minimum Gasteiger partial charge on any atom is -0.480 e. The average molecular weight is 270 g/mol. The van der Waals surface area contributed by atoms with E-state index in [1.807, 2.05) is 6.92 Å². The lowest BCUT2D eigenvalue weighted by atomic mass is 9.92. The third-order valence-electron chi connectivity index (χ3n) is 4.00. The Hall–Kier alpha value is -0.610. The summed E-state index contributed by atoms with van der Waals surface area (Å²) in [6.07, 6.45) is 5.30. The van der Waals surface area contributed by atoms with Crippen LogP contribution in [0.25, 0.3) is 0 Å². The van der Waals surface area contributed by atoms with Crippen molar-refractivity contribution in [3.63, 3.8) is 0 Å². The summed E-state index contributed by atoms with van der Waals surface area (Å²) in [5.74, 6) is -0.736. The van der Waals surface area contributed by atoms with E-state index in [1.165, 1.54) is 12.8 Å². The summed E-state index contributed by atoms with van der Waals surface area (Å²) < 4.78 is 0. The van der Waals surface area contributed by atoms with Crippen LogP contribution in [-0.2, 0) is 4.79 Å². The molecule has 0 spiro atoms. The molecule has 19 heavy (non-hydrogen) atoms. The van der Waals surface area contributed by atoms with Crippen molar-refractivity contribution in [1.29, 1.82) is 0 Å². The molecule has 4 nitrogen and oxygen atoms in total. The van der Waals surface area contributed by atoms with Crippen LogP contribution in [0.1, 0.15) is 59.8 Å². The molecule has 0 bridgehead atoms. The summed E-state index contributed by atoms with van der Waals surface area (Å²) in [5.41, 5.74) is -0.809. The Kier molecular flexibility index (Phi) is 6.27. The Morgan fingerprint density at radius 1 is 1.42 bits per heavy atom. The van der Waals surface area contributed by atoms with Gasteiger partial charge in [0.1, 0.15) is 5.54 Å². The number of nitrogens with zero attached hydrogens (tertiary/aromatic N) is 1. The fraction of sp³-hybridized carbons (Fsp3) is 0.933. The van der Waals surface area contributed by atoms with Crippen LogP contribution < -0.4 is 5.32 Å². The average Bonchev–Trinajstić information content (AvgIpc) is 3.17. The molecule has 1 rings (SSSR count). The van der Waals surface area contributed by atoms with Gasteiger partial charge in [0.25, 0.3) is 0 Å². The highest BCUT2D eigenvalue weighted by Gasteiger charge is 2.38. The summed E-state index contributed by atoms with van der Waals surface area (Å²) in [7, 11) is 0. The topological polar surface area (TPSA) is 52.6 Å². The first-order valence-corrected chi connectivity index (χ1v) is 7.68. The molecule has 2 atom stereocenters. The predicted molar refractivity (Wildman–Crippen MR) is 78.4 cm³/mol. The van der Waals surface area contributed by atoms with Crippen LogP contribution in [0.5, 0.6) is 0 Å². The molecule has 0 saturated heterocycles. The van der Waals surface area contributed by atoms with Crippen molar-refractivity contribution in [3.05, 3.63) is 0 Å². The Morgan fingerprint density at radius 2 is 2.05 bits per heavy atom. The Balaban J connectivity index is 2.63. The van der Waals surface area contributed by atoms with Crippen molar-refractivity contribution < 1.29 is 9.90 Å². The zero-order valence-corrected chi connectivity index (χ0v) is 12.9. The first kappa shape index (κ1) is 16.4. The van der Waals surface area contributed by atoms with Gasteiger partial charge in [-0.2, -0.15) is 0 Å². The highest BCUT2D eigenvalue weighted by Crippen LogP contribution is 2.31. The molecule has 1 saturated carbocycles. The van der Waals surface area contributed by atoms with E-state index >= 15 is 0 Å². The highest BCUT2D eigenvalue weighted by molar-refractivity contribution is 5.78. The summed E-state index contributed by atoms with van der Waals surface area (Å²) in [5, 5.41) is 12.7. The zero-order chi connectivity index (χ0) is 14.5. The third kappa shape index (κ3) is 4.77. The summed E-state index contributed by atoms with van der Waals surface area (Å²) in [6, 6.07) is 1.01. The first-order chi connectivity index (χ1) is 8.94. The number of carboxylic acid groups (broad SMARTS) is 1. The summed E-state index contributed by atoms with van der Waals surface area (Å²) in [6.45, 7) is 10.1. The number of aliphatic carboxylic acids is 1. The molecule has 0 aromatic rings.